The maximum Gasteiger partial charge on any atom is 0.119 e. The molecule has 1 nitrogen and oxygen atoms in total. The molecule has 0 radical (unpaired) electrons. The molecule has 0 fully saturated rings. The van der Waals surface area contributed by atoms with Crippen molar-refractivity contribution in [3.05, 3.63) is 30.3 Å². The van der Waals surface area contributed by atoms with Gasteiger partial charge in [-0.25, -0.2) is 0 Å². The van der Waals surface area contributed by atoms with E-state index in [9.17, 15) is 0 Å². The van der Waals surface area contributed by atoms with Crippen molar-refractivity contribution in [3.8, 4) is 5.75 Å². The lowest BCUT2D eigenvalue weighted by Crippen LogP contribution is -1.96. The summed E-state index contributed by atoms with van der Waals surface area (Å²) in [5.41, 5.74) is 0. The highest BCUT2D eigenvalue weighted by Crippen LogP contribution is 2.07. The smallest absolute Gasteiger partial charge is 0.119 e. The predicted molar refractivity (Wildman–Crippen MR) is 46.5 cm³/mol. The second-order valence-electron chi connectivity index (χ2n) is 1.95. The van der Waals surface area contributed by atoms with Crippen LogP contribution in [0.1, 0.15) is 0 Å². The number of para-hydroxylation sites is 1. The molecular formula is C8H11OP. The van der Waals surface area contributed by atoms with E-state index in [4.69, 9.17) is 4.74 Å². The molecule has 0 saturated heterocycles. The highest BCUT2D eigenvalue weighted by molar-refractivity contribution is 7.16. The Morgan fingerprint density at radius 1 is 1.20 bits per heavy atom. The van der Waals surface area contributed by atoms with Crippen LogP contribution in [0.25, 0.3) is 0 Å². The van der Waals surface area contributed by atoms with Crippen LogP contribution >= 0.6 is 9.24 Å². The molecule has 2 heteroatoms. The van der Waals surface area contributed by atoms with Crippen molar-refractivity contribution < 1.29 is 4.74 Å². The van der Waals surface area contributed by atoms with Gasteiger partial charge in [-0.2, -0.15) is 0 Å². The Morgan fingerprint density at radius 2 is 1.90 bits per heavy atom. The lowest BCUT2D eigenvalue weighted by molar-refractivity contribution is 0.344. The number of hydrogen-bond donors (Lipinski definition) is 0. The van der Waals surface area contributed by atoms with Crippen molar-refractivity contribution in [2.75, 3.05) is 12.8 Å². The molecule has 0 spiro atoms. The van der Waals surface area contributed by atoms with E-state index in [0.29, 0.717) is 0 Å². The molecule has 0 aliphatic rings. The number of rotatable bonds is 3. The number of ether oxygens (including phenoxy) is 1. The Hall–Kier alpha value is -0.550. The first-order valence-corrected chi connectivity index (χ1v) is 4.13. The van der Waals surface area contributed by atoms with Crippen LogP contribution in [0.15, 0.2) is 30.3 Å². The SMILES string of the molecule is PCCOc1ccccc1. The van der Waals surface area contributed by atoms with Gasteiger partial charge in [0.25, 0.3) is 0 Å². The zero-order valence-electron chi connectivity index (χ0n) is 5.79. The maximum atomic E-state index is 5.33. The van der Waals surface area contributed by atoms with Gasteiger partial charge >= 0.3 is 0 Å². The molecule has 0 bridgehead atoms. The number of benzene rings is 1. The minimum atomic E-state index is 0.773. The quantitative estimate of drug-likeness (QED) is 0.604. The average molecular weight is 154 g/mol. The molecular weight excluding hydrogens is 143 g/mol. The Bertz CT molecular complexity index is 174. The van der Waals surface area contributed by atoms with Crippen LogP contribution in [0, 0.1) is 0 Å². The van der Waals surface area contributed by atoms with Crippen LogP contribution in [-0.2, 0) is 0 Å². The van der Waals surface area contributed by atoms with E-state index in [-0.39, 0.29) is 0 Å². The van der Waals surface area contributed by atoms with Gasteiger partial charge in [0, 0.05) is 0 Å². The van der Waals surface area contributed by atoms with Gasteiger partial charge in [0.05, 0.1) is 6.61 Å². The van der Waals surface area contributed by atoms with Crippen molar-refractivity contribution in [2.24, 2.45) is 0 Å². The first-order chi connectivity index (χ1) is 4.93. The molecule has 1 rings (SSSR count). The molecule has 1 unspecified atom stereocenters. The van der Waals surface area contributed by atoms with Gasteiger partial charge in [0.15, 0.2) is 0 Å². The van der Waals surface area contributed by atoms with E-state index in [1.807, 2.05) is 30.3 Å². The summed E-state index contributed by atoms with van der Waals surface area (Å²) in [4.78, 5) is 0. The second kappa shape index (κ2) is 4.29. The van der Waals surface area contributed by atoms with E-state index >= 15 is 0 Å². The third-order valence-electron chi connectivity index (χ3n) is 1.13. The summed E-state index contributed by atoms with van der Waals surface area (Å²) in [6.07, 6.45) is 0.981. The lowest BCUT2D eigenvalue weighted by atomic mass is 10.3. The van der Waals surface area contributed by atoms with Gasteiger partial charge < -0.3 is 4.74 Å². The summed E-state index contributed by atoms with van der Waals surface area (Å²) in [5, 5.41) is 0. The van der Waals surface area contributed by atoms with Crippen LogP contribution in [-0.4, -0.2) is 12.8 Å². The molecule has 1 aromatic carbocycles. The standard InChI is InChI=1S/C8H11OP/c10-7-6-9-8-4-2-1-3-5-8/h1-5H,6-7,10H2. The fourth-order valence-electron chi connectivity index (χ4n) is 0.693. The monoisotopic (exact) mass is 154 g/mol. The summed E-state index contributed by atoms with van der Waals surface area (Å²) < 4.78 is 5.33. The minimum Gasteiger partial charge on any atom is -0.493 e. The Morgan fingerprint density at radius 3 is 2.50 bits per heavy atom. The predicted octanol–water partition coefficient (Wildman–Crippen LogP) is 1.94. The Labute approximate surface area is 63.6 Å². The highest BCUT2D eigenvalue weighted by atomic mass is 31.0. The maximum absolute atomic E-state index is 5.33. The number of hydrogen-bond acceptors (Lipinski definition) is 1. The molecule has 0 aromatic heterocycles. The second-order valence-corrected chi connectivity index (χ2v) is 2.53. The molecule has 54 valence electrons. The van der Waals surface area contributed by atoms with Crippen molar-refractivity contribution in [1.82, 2.24) is 0 Å². The fraction of sp³-hybridized carbons (Fsp3) is 0.250. The zero-order valence-corrected chi connectivity index (χ0v) is 6.94. The van der Waals surface area contributed by atoms with Crippen molar-refractivity contribution in [1.29, 1.82) is 0 Å². The molecule has 0 aliphatic carbocycles. The average Bonchev–Trinajstić information content (AvgIpc) is 2.03. The molecule has 10 heavy (non-hydrogen) atoms. The third kappa shape index (κ3) is 2.36. The van der Waals surface area contributed by atoms with Gasteiger partial charge in [0.1, 0.15) is 5.75 Å². The van der Waals surface area contributed by atoms with Crippen LogP contribution in [0.2, 0.25) is 0 Å². The summed E-state index contributed by atoms with van der Waals surface area (Å²) in [6, 6.07) is 9.84. The molecule has 1 aromatic rings. The largest absolute Gasteiger partial charge is 0.493 e. The van der Waals surface area contributed by atoms with E-state index < -0.39 is 0 Å². The third-order valence-corrected chi connectivity index (χ3v) is 1.37. The topological polar surface area (TPSA) is 9.23 Å². The molecule has 0 heterocycles. The van der Waals surface area contributed by atoms with E-state index in [2.05, 4.69) is 9.24 Å². The van der Waals surface area contributed by atoms with Gasteiger partial charge in [0.2, 0.25) is 0 Å². The first-order valence-electron chi connectivity index (χ1n) is 3.31. The van der Waals surface area contributed by atoms with Crippen molar-refractivity contribution >= 4 is 9.24 Å². The Balaban J connectivity index is 2.43. The summed E-state index contributed by atoms with van der Waals surface area (Å²) in [7, 11) is 2.63. The molecule has 0 amide bonds. The van der Waals surface area contributed by atoms with Gasteiger partial charge in [-0.1, -0.05) is 18.2 Å². The summed E-state index contributed by atoms with van der Waals surface area (Å²) >= 11 is 0. The lowest BCUT2D eigenvalue weighted by Gasteiger charge is -2.01. The molecule has 0 saturated carbocycles. The summed E-state index contributed by atoms with van der Waals surface area (Å²) in [5.74, 6) is 0.949. The normalized spacial score (nSPS) is 9.30. The van der Waals surface area contributed by atoms with Crippen LogP contribution in [0.5, 0.6) is 5.75 Å². The first kappa shape index (κ1) is 7.56. The van der Waals surface area contributed by atoms with E-state index in [0.717, 1.165) is 18.5 Å². The molecule has 1 atom stereocenters. The fourth-order valence-corrected chi connectivity index (χ4v) is 0.811. The van der Waals surface area contributed by atoms with Crippen LogP contribution in [0.4, 0.5) is 0 Å². The van der Waals surface area contributed by atoms with Gasteiger partial charge in [-0.05, 0) is 18.3 Å². The van der Waals surface area contributed by atoms with E-state index in [1.165, 1.54) is 0 Å². The van der Waals surface area contributed by atoms with Crippen LogP contribution < -0.4 is 4.74 Å². The minimum absolute atomic E-state index is 0.773. The van der Waals surface area contributed by atoms with Gasteiger partial charge in [-0.3, -0.25) is 0 Å². The van der Waals surface area contributed by atoms with Gasteiger partial charge in [-0.15, -0.1) is 9.24 Å². The molecule has 0 N–H and O–H groups in total. The highest BCUT2D eigenvalue weighted by Gasteiger charge is 1.86. The van der Waals surface area contributed by atoms with Crippen LogP contribution in [0.3, 0.4) is 0 Å². The van der Waals surface area contributed by atoms with Crippen molar-refractivity contribution in [3.63, 3.8) is 0 Å². The summed E-state index contributed by atoms with van der Waals surface area (Å²) in [6.45, 7) is 0.773. The zero-order chi connectivity index (χ0) is 7.23. The molecule has 0 aliphatic heterocycles. The van der Waals surface area contributed by atoms with E-state index in [1.54, 1.807) is 0 Å². The van der Waals surface area contributed by atoms with Crippen molar-refractivity contribution in [2.45, 2.75) is 0 Å². The Kier molecular flexibility index (Phi) is 3.25.